The number of sulfonamides is 1. The van der Waals surface area contributed by atoms with E-state index in [1.54, 1.807) is 29.0 Å². The highest BCUT2D eigenvalue weighted by Gasteiger charge is 2.35. The van der Waals surface area contributed by atoms with Gasteiger partial charge in [0.2, 0.25) is 15.9 Å². The molecule has 8 nitrogen and oxygen atoms in total. The first kappa shape index (κ1) is 25.5. The summed E-state index contributed by atoms with van der Waals surface area (Å²) in [4.78, 5) is 4.80. The van der Waals surface area contributed by atoms with E-state index >= 15 is 0 Å². The van der Waals surface area contributed by atoms with E-state index in [0.29, 0.717) is 49.8 Å². The van der Waals surface area contributed by atoms with Crippen LogP contribution in [0.5, 0.6) is 5.88 Å². The average Bonchev–Trinajstić information content (AvgIpc) is 3.49. The number of benzene rings is 2. The Morgan fingerprint density at radius 2 is 1.95 bits per heavy atom. The number of aryl methyl sites for hydroxylation is 1. The van der Waals surface area contributed by atoms with Crippen molar-refractivity contribution in [1.82, 2.24) is 13.9 Å². The maximum atomic E-state index is 13.2. The lowest BCUT2D eigenvalue weighted by atomic mass is 9.95. The molecule has 0 spiro atoms. The standard InChI is InChI=1S/C26H23Cl2N5O3S/c1-15-21(12-30)24(20-7-4-17(27)10-22(20)28)25-23(31-15)14-33(26(25)34)18-8-9-32(13-18)37(35,36)19-5-2-16(11-29)3-6-19/h2-7,10,14,18,34H,8-9,12-13,30H2,1H3/t18-/m0/s1. The van der Waals surface area contributed by atoms with Crippen LogP contribution in [-0.4, -0.2) is 40.5 Å². The molecule has 2 aromatic heterocycles. The highest BCUT2D eigenvalue weighted by molar-refractivity contribution is 7.89. The van der Waals surface area contributed by atoms with Crippen LogP contribution in [0.3, 0.4) is 0 Å². The molecule has 190 valence electrons. The van der Waals surface area contributed by atoms with Crippen molar-refractivity contribution >= 4 is 44.1 Å². The van der Waals surface area contributed by atoms with E-state index in [4.69, 9.17) is 34.2 Å². The summed E-state index contributed by atoms with van der Waals surface area (Å²) in [6.45, 7) is 2.51. The SMILES string of the molecule is Cc1nc2cn([C@H]3CCN(S(=O)(=O)c4ccc(C#N)cc4)C3)c(O)c2c(-c2ccc(Cl)cc2Cl)c1CN. The third-order valence-electron chi connectivity index (χ3n) is 6.81. The summed E-state index contributed by atoms with van der Waals surface area (Å²) in [5.41, 5.74) is 9.85. The third-order valence-corrected chi connectivity index (χ3v) is 9.23. The zero-order valence-corrected chi connectivity index (χ0v) is 22.1. The molecule has 5 rings (SSSR count). The molecule has 0 amide bonds. The first-order valence-corrected chi connectivity index (χ1v) is 13.7. The highest BCUT2D eigenvalue weighted by atomic mass is 35.5. The van der Waals surface area contributed by atoms with Crippen LogP contribution >= 0.6 is 23.2 Å². The fourth-order valence-corrected chi connectivity index (χ4v) is 6.93. The quantitative estimate of drug-likeness (QED) is 0.357. The summed E-state index contributed by atoms with van der Waals surface area (Å²) >= 11 is 12.7. The Hall–Kier alpha value is -3.13. The molecule has 0 aliphatic carbocycles. The zero-order chi connectivity index (χ0) is 26.5. The van der Waals surface area contributed by atoms with Crippen molar-refractivity contribution in [2.75, 3.05) is 13.1 Å². The molecule has 0 radical (unpaired) electrons. The molecule has 1 aliphatic rings. The lowest BCUT2D eigenvalue weighted by Crippen LogP contribution is -2.29. The number of aromatic hydroxyl groups is 1. The molecule has 2 aromatic carbocycles. The molecule has 0 unspecified atom stereocenters. The number of halogens is 2. The van der Waals surface area contributed by atoms with Gasteiger partial charge >= 0.3 is 0 Å². The minimum Gasteiger partial charge on any atom is -0.494 e. The van der Waals surface area contributed by atoms with Crippen molar-refractivity contribution in [3.05, 3.63) is 75.5 Å². The molecule has 0 bridgehead atoms. The predicted octanol–water partition coefficient (Wildman–Crippen LogP) is 4.99. The summed E-state index contributed by atoms with van der Waals surface area (Å²) in [6, 6.07) is 12.7. The lowest BCUT2D eigenvalue weighted by Gasteiger charge is -2.18. The molecule has 1 atom stereocenters. The van der Waals surface area contributed by atoms with Crippen molar-refractivity contribution in [2.24, 2.45) is 5.73 Å². The molecule has 3 N–H and O–H groups in total. The molecule has 1 fully saturated rings. The molecule has 37 heavy (non-hydrogen) atoms. The van der Waals surface area contributed by atoms with Crippen LogP contribution < -0.4 is 5.73 Å². The fraction of sp³-hybridized carbons (Fsp3) is 0.231. The van der Waals surface area contributed by atoms with Gasteiger partial charge in [0.05, 0.1) is 33.5 Å². The van der Waals surface area contributed by atoms with Gasteiger partial charge in [0.1, 0.15) is 0 Å². The van der Waals surface area contributed by atoms with Gasteiger partial charge in [-0.3, -0.25) is 4.98 Å². The number of nitrogens with zero attached hydrogens (tertiary/aromatic N) is 4. The van der Waals surface area contributed by atoms with E-state index in [-0.39, 0.29) is 36.5 Å². The summed E-state index contributed by atoms with van der Waals surface area (Å²) < 4.78 is 29.5. The van der Waals surface area contributed by atoms with E-state index in [9.17, 15) is 13.5 Å². The van der Waals surface area contributed by atoms with Gasteiger partial charge in [0.15, 0.2) is 0 Å². The Bertz CT molecular complexity index is 1680. The monoisotopic (exact) mass is 555 g/mol. The van der Waals surface area contributed by atoms with Crippen molar-refractivity contribution in [3.63, 3.8) is 0 Å². The smallest absolute Gasteiger partial charge is 0.243 e. The van der Waals surface area contributed by atoms with Gasteiger partial charge in [-0.1, -0.05) is 29.3 Å². The second kappa shape index (κ2) is 9.63. The molecule has 1 aliphatic heterocycles. The topological polar surface area (TPSA) is 125 Å². The Morgan fingerprint density at radius 3 is 2.59 bits per heavy atom. The Morgan fingerprint density at radius 1 is 1.22 bits per heavy atom. The molecule has 11 heteroatoms. The molecular weight excluding hydrogens is 533 g/mol. The first-order chi connectivity index (χ1) is 17.6. The van der Waals surface area contributed by atoms with Crippen molar-refractivity contribution in [3.8, 4) is 23.1 Å². The van der Waals surface area contributed by atoms with Crippen LogP contribution in [0.25, 0.3) is 22.0 Å². The number of aromatic nitrogens is 2. The van der Waals surface area contributed by atoms with Gasteiger partial charge in [0.25, 0.3) is 0 Å². The summed E-state index contributed by atoms with van der Waals surface area (Å²) in [5.74, 6) is -0.0270. The molecular formula is C26H23Cl2N5O3S. The maximum Gasteiger partial charge on any atom is 0.243 e. The number of hydrogen-bond acceptors (Lipinski definition) is 6. The molecule has 3 heterocycles. The van der Waals surface area contributed by atoms with E-state index in [2.05, 4.69) is 4.98 Å². The zero-order valence-electron chi connectivity index (χ0n) is 19.8. The number of nitriles is 1. The van der Waals surface area contributed by atoms with Gasteiger partial charge in [-0.2, -0.15) is 9.57 Å². The van der Waals surface area contributed by atoms with Crippen LogP contribution in [0, 0.1) is 18.3 Å². The summed E-state index contributed by atoms with van der Waals surface area (Å²) in [5, 5.41) is 21.8. The first-order valence-electron chi connectivity index (χ1n) is 11.5. The summed E-state index contributed by atoms with van der Waals surface area (Å²) in [7, 11) is -3.76. The fourth-order valence-electron chi connectivity index (χ4n) is 4.93. The van der Waals surface area contributed by atoms with Gasteiger partial charge < -0.3 is 15.4 Å². The number of fused-ring (bicyclic) bond motifs is 1. The van der Waals surface area contributed by atoms with Crippen LogP contribution in [0.2, 0.25) is 10.0 Å². The van der Waals surface area contributed by atoms with E-state index < -0.39 is 10.0 Å². The van der Waals surface area contributed by atoms with Crippen LogP contribution in [0.15, 0.2) is 53.6 Å². The van der Waals surface area contributed by atoms with Gasteiger partial charge in [-0.05, 0) is 55.3 Å². The van der Waals surface area contributed by atoms with Crippen LogP contribution in [0.1, 0.15) is 29.3 Å². The van der Waals surface area contributed by atoms with Gasteiger partial charge in [0, 0.05) is 52.7 Å². The van der Waals surface area contributed by atoms with Crippen molar-refractivity contribution in [2.45, 2.75) is 30.8 Å². The average molecular weight is 556 g/mol. The normalized spacial score (nSPS) is 16.4. The number of pyridine rings is 1. The van der Waals surface area contributed by atoms with E-state index in [1.165, 1.54) is 28.6 Å². The lowest BCUT2D eigenvalue weighted by molar-refractivity contribution is 0.384. The largest absolute Gasteiger partial charge is 0.494 e. The Balaban J connectivity index is 1.57. The Labute approximate surface area is 224 Å². The maximum absolute atomic E-state index is 13.2. The van der Waals surface area contributed by atoms with E-state index in [1.807, 2.05) is 13.0 Å². The van der Waals surface area contributed by atoms with E-state index in [0.717, 1.165) is 5.56 Å². The molecule has 1 saturated heterocycles. The van der Waals surface area contributed by atoms with Crippen LogP contribution in [-0.2, 0) is 16.6 Å². The van der Waals surface area contributed by atoms with Gasteiger partial charge in [-0.25, -0.2) is 8.42 Å². The van der Waals surface area contributed by atoms with Crippen molar-refractivity contribution in [1.29, 1.82) is 5.26 Å². The second-order valence-electron chi connectivity index (χ2n) is 8.94. The second-order valence-corrected chi connectivity index (χ2v) is 11.7. The number of rotatable bonds is 5. The highest BCUT2D eigenvalue weighted by Crippen LogP contribution is 2.44. The minimum atomic E-state index is -3.76. The number of hydrogen-bond donors (Lipinski definition) is 2. The minimum absolute atomic E-state index is 0.0270. The molecule has 0 saturated carbocycles. The summed E-state index contributed by atoms with van der Waals surface area (Å²) in [6.07, 6.45) is 2.25. The van der Waals surface area contributed by atoms with Crippen molar-refractivity contribution < 1.29 is 13.5 Å². The van der Waals surface area contributed by atoms with Gasteiger partial charge in [-0.15, -0.1) is 0 Å². The number of nitrogens with two attached hydrogens (primary N) is 1. The predicted molar refractivity (Wildman–Crippen MR) is 143 cm³/mol. The molecule has 4 aromatic rings. The Kier molecular flexibility index (Phi) is 6.64. The van der Waals surface area contributed by atoms with Crippen LogP contribution in [0.4, 0.5) is 0 Å². The third kappa shape index (κ3) is 4.35.